The van der Waals surface area contributed by atoms with E-state index in [4.69, 9.17) is 5.11 Å². The van der Waals surface area contributed by atoms with Crippen LogP contribution in [0.4, 0.5) is 0 Å². The van der Waals surface area contributed by atoms with Crippen molar-refractivity contribution in [1.29, 1.82) is 0 Å². The number of aryl methyl sites for hydroxylation is 1. The van der Waals surface area contributed by atoms with Crippen molar-refractivity contribution in [3.8, 4) is 0 Å². The molecule has 1 N–H and O–H groups in total. The second-order valence-corrected chi connectivity index (χ2v) is 2.63. The lowest BCUT2D eigenvalue weighted by Crippen LogP contribution is -2.13. The van der Waals surface area contributed by atoms with E-state index in [0.29, 0.717) is 0 Å². The van der Waals surface area contributed by atoms with Gasteiger partial charge in [0.2, 0.25) is 0 Å². The Bertz CT molecular complexity index is 205. The molecule has 1 aromatic carbocycles. The molecule has 1 rings (SSSR count). The lowest BCUT2D eigenvalue weighted by atomic mass is 9.67. The van der Waals surface area contributed by atoms with Crippen LogP contribution in [-0.2, 0) is 0 Å². The number of rotatable bonds is 3. The molecule has 0 aromatic heterocycles. The minimum absolute atomic E-state index is 0.230. The van der Waals surface area contributed by atoms with Gasteiger partial charge in [-0.05, 0) is 6.92 Å². The number of aliphatic hydroxyl groups is 1. The first-order chi connectivity index (χ1) is 5.33. The maximum atomic E-state index is 8.55. The first kappa shape index (κ1) is 8.34. The van der Waals surface area contributed by atoms with Gasteiger partial charge in [-0.25, -0.2) is 0 Å². The third kappa shape index (κ3) is 2.77. The van der Waals surface area contributed by atoms with Gasteiger partial charge in [-0.15, -0.1) is 0 Å². The molecular weight excluding hydrogens is 135 g/mol. The smallest absolute Gasteiger partial charge is 0.153 e. The van der Waals surface area contributed by atoms with Crippen LogP contribution in [0.3, 0.4) is 0 Å². The molecule has 1 aromatic rings. The zero-order valence-electron chi connectivity index (χ0n) is 6.75. The first-order valence-corrected chi connectivity index (χ1v) is 3.83. The third-order valence-electron chi connectivity index (χ3n) is 1.59. The van der Waals surface area contributed by atoms with Crippen LogP contribution < -0.4 is 5.46 Å². The summed E-state index contributed by atoms with van der Waals surface area (Å²) < 4.78 is 0. The summed E-state index contributed by atoms with van der Waals surface area (Å²) in [4.78, 5) is 0. The van der Waals surface area contributed by atoms with Gasteiger partial charge in [-0.2, -0.15) is 0 Å². The summed E-state index contributed by atoms with van der Waals surface area (Å²) in [5.74, 6) is 0. The summed E-state index contributed by atoms with van der Waals surface area (Å²) in [5, 5.41) is 8.55. The Balaban J connectivity index is 2.52. The highest BCUT2D eigenvalue weighted by Crippen LogP contribution is 1.92. The van der Waals surface area contributed by atoms with Crippen molar-refractivity contribution < 1.29 is 5.11 Å². The molecule has 0 aliphatic heterocycles. The van der Waals surface area contributed by atoms with Crippen LogP contribution in [0.25, 0.3) is 0 Å². The monoisotopic (exact) mass is 147 g/mol. The highest BCUT2D eigenvalue weighted by molar-refractivity contribution is 6.53. The molecule has 0 fully saturated rings. The van der Waals surface area contributed by atoms with Gasteiger partial charge < -0.3 is 5.11 Å². The van der Waals surface area contributed by atoms with Gasteiger partial charge in [0.15, 0.2) is 7.28 Å². The number of aliphatic hydroxyl groups excluding tert-OH is 1. The third-order valence-corrected chi connectivity index (χ3v) is 1.59. The van der Waals surface area contributed by atoms with E-state index >= 15 is 0 Å². The number of benzene rings is 1. The quantitative estimate of drug-likeness (QED) is 0.625. The largest absolute Gasteiger partial charge is 0.397 e. The van der Waals surface area contributed by atoms with Gasteiger partial charge in [-0.1, -0.05) is 41.6 Å². The second-order valence-electron chi connectivity index (χ2n) is 2.63. The average Bonchev–Trinajstić information content (AvgIpc) is 2.04. The van der Waals surface area contributed by atoms with Gasteiger partial charge in [0.25, 0.3) is 0 Å². The van der Waals surface area contributed by atoms with Crippen LogP contribution in [0.15, 0.2) is 24.3 Å². The molecule has 2 heteroatoms. The molecule has 0 aliphatic carbocycles. The Kier molecular flexibility index (Phi) is 3.18. The molecule has 0 amide bonds. The van der Waals surface area contributed by atoms with E-state index in [1.54, 1.807) is 0 Å². The number of hydrogen-bond donors (Lipinski definition) is 1. The van der Waals surface area contributed by atoms with Gasteiger partial charge >= 0.3 is 0 Å². The minimum Gasteiger partial charge on any atom is -0.397 e. The fraction of sp³-hybridized carbons (Fsp3) is 0.333. The van der Waals surface area contributed by atoms with Crippen LogP contribution >= 0.6 is 0 Å². The molecule has 1 nitrogen and oxygen atoms in total. The molecule has 0 saturated carbocycles. The lowest BCUT2D eigenvalue weighted by molar-refractivity contribution is 0.318. The summed E-state index contributed by atoms with van der Waals surface area (Å²) in [6, 6.07) is 8.27. The molecule has 11 heavy (non-hydrogen) atoms. The van der Waals surface area contributed by atoms with Crippen LogP contribution in [0, 0.1) is 6.92 Å². The summed E-state index contributed by atoms with van der Waals surface area (Å²) in [6.45, 7) is 2.30. The van der Waals surface area contributed by atoms with E-state index in [-0.39, 0.29) is 6.61 Å². The van der Waals surface area contributed by atoms with Gasteiger partial charge in [0.1, 0.15) is 0 Å². The van der Waals surface area contributed by atoms with Crippen molar-refractivity contribution in [3.05, 3.63) is 29.8 Å². The summed E-state index contributed by atoms with van der Waals surface area (Å²) in [5.41, 5.74) is 2.45. The van der Waals surface area contributed by atoms with Crippen LogP contribution in [0.1, 0.15) is 5.56 Å². The molecule has 57 valence electrons. The lowest BCUT2D eigenvalue weighted by Gasteiger charge is -1.97. The maximum Gasteiger partial charge on any atom is 0.153 e. The standard InChI is InChI=1S/C9H12BO/c1-8-2-4-9(5-3-8)10-6-7-11/h2-5,11H,6-7H2,1H3. The summed E-state index contributed by atoms with van der Waals surface area (Å²) in [7, 11) is 2.03. The molecule has 1 radical (unpaired) electrons. The molecule has 0 aliphatic rings. The van der Waals surface area contributed by atoms with Crippen LogP contribution in [0.2, 0.25) is 6.32 Å². The molecule has 0 heterocycles. The van der Waals surface area contributed by atoms with Crippen LogP contribution in [0.5, 0.6) is 0 Å². The Morgan fingerprint density at radius 1 is 1.27 bits per heavy atom. The molecule has 0 unspecified atom stereocenters. The minimum atomic E-state index is 0.230. The van der Waals surface area contributed by atoms with Crippen molar-refractivity contribution in [1.82, 2.24) is 0 Å². The van der Waals surface area contributed by atoms with Crippen molar-refractivity contribution in [2.45, 2.75) is 13.2 Å². The summed E-state index contributed by atoms with van der Waals surface area (Å²) in [6.07, 6.45) is 0.739. The molecule has 0 bridgehead atoms. The van der Waals surface area contributed by atoms with Crippen molar-refractivity contribution in [2.24, 2.45) is 0 Å². The zero-order chi connectivity index (χ0) is 8.10. The predicted molar refractivity (Wildman–Crippen MR) is 48.5 cm³/mol. The molecule has 0 atom stereocenters. The van der Waals surface area contributed by atoms with Crippen molar-refractivity contribution >= 4 is 12.7 Å². The Morgan fingerprint density at radius 2 is 1.91 bits per heavy atom. The van der Waals surface area contributed by atoms with Gasteiger partial charge in [0, 0.05) is 6.61 Å². The molecular formula is C9H12BO. The number of hydrogen-bond acceptors (Lipinski definition) is 1. The topological polar surface area (TPSA) is 20.2 Å². The van der Waals surface area contributed by atoms with E-state index in [0.717, 1.165) is 6.32 Å². The van der Waals surface area contributed by atoms with Crippen molar-refractivity contribution in [3.63, 3.8) is 0 Å². The highest BCUT2D eigenvalue weighted by atomic mass is 16.2. The van der Waals surface area contributed by atoms with E-state index < -0.39 is 0 Å². The normalized spacial score (nSPS) is 9.64. The molecule has 0 saturated heterocycles. The Hall–Kier alpha value is -0.755. The van der Waals surface area contributed by atoms with Crippen LogP contribution in [-0.4, -0.2) is 19.0 Å². The van der Waals surface area contributed by atoms with E-state index in [1.807, 2.05) is 7.28 Å². The Morgan fingerprint density at radius 3 is 2.45 bits per heavy atom. The highest BCUT2D eigenvalue weighted by Gasteiger charge is 1.92. The fourth-order valence-corrected chi connectivity index (χ4v) is 0.934. The SMILES string of the molecule is Cc1ccc([B]CCO)cc1. The summed E-state index contributed by atoms with van der Waals surface area (Å²) >= 11 is 0. The van der Waals surface area contributed by atoms with E-state index in [2.05, 4.69) is 31.2 Å². The average molecular weight is 147 g/mol. The maximum absolute atomic E-state index is 8.55. The van der Waals surface area contributed by atoms with E-state index in [1.165, 1.54) is 11.0 Å². The van der Waals surface area contributed by atoms with Gasteiger partial charge in [-0.3, -0.25) is 0 Å². The van der Waals surface area contributed by atoms with Crippen molar-refractivity contribution in [2.75, 3.05) is 6.61 Å². The first-order valence-electron chi connectivity index (χ1n) is 3.83. The van der Waals surface area contributed by atoms with Gasteiger partial charge in [0.05, 0.1) is 0 Å². The molecule has 0 spiro atoms. The predicted octanol–water partition coefficient (Wildman–Crippen LogP) is 0.735. The second kappa shape index (κ2) is 4.19. The Labute approximate surface area is 68.3 Å². The van der Waals surface area contributed by atoms with E-state index in [9.17, 15) is 0 Å². The zero-order valence-corrected chi connectivity index (χ0v) is 6.75. The fourth-order valence-electron chi connectivity index (χ4n) is 0.934.